The van der Waals surface area contributed by atoms with E-state index in [-0.39, 0.29) is 23.8 Å². The number of carbonyl (C=O) groups excluding carboxylic acids is 1. The molecule has 0 aliphatic carbocycles. The van der Waals surface area contributed by atoms with Gasteiger partial charge in [-0.2, -0.15) is 0 Å². The first kappa shape index (κ1) is 15.0. The second kappa shape index (κ2) is 6.18. The maximum Gasteiger partial charge on any atom is 0.303 e. The third-order valence-corrected chi connectivity index (χ3v) is 2.95. The first-order valence-corrected chi connectivity index (χ1v) is 6.51. The number of carboxylic acid groups (broad SMARTS) is 1. The number of hydrogen-bond donors (Lipinski definition) is 2. The van der Waals surface area contributed by atoms with E-state index in [9.17, 15) is 9.59 Å². The number of piperidine rings is 1. The lowest BCUT2D eigenvalue weighted by Crippen LogP contribution is -2.48. The van der Waals surface area contributed by atoms with Gasteiger partial charge >= 0.3 is 5.97 Å². The number of hydrogen-bond acceptors (Lipinski definition) is 3. The zero-order valence-corrected chi connectivity index (χ0v) is 11.5. The van der Waals surface area contributed by atoms with Crippen LogP contribution in [0.4, 0.5) is 0 Å². The highest BCUT2D eigenvalue weighted by molar-refractivity contribution is 5.78. The van der Waals surface area contributed by atoms with Crippen molar-refractivity contribution in [2.24, 2.45) is 5.92 Å². The molecular formula is C13H24N2O3. The summed E-state index contributed by atoms with van der Waals surface area (Å²) in [6.45, 7) is 7.82. The van der Waals surface area contributed by atoms with Crippen molar-refractivity contribution in [3.05, 3.63) is 0 Å². The van der Waals surface area contributed by atoms with Crippen LogP contribution in [0, 0.1) is 5.92 Å². The third kappa shape index (κ3) is 6.00. The summed E-state index contributed by atoms with van der Waals surface area (Å²) in [6.07, 6.45) is 2.13. The normalized spacial score (nSPS) is 21.6. The second-order valence-electron chi connectivity index (χ2n) is 6.14. The molecule has 1 saturated heterocycles. The Kier molecular flexibility index (Phi) is 5.14. The van der Waals surface area contributed by atoms with Gasteiger partial charge in [-0.25, -0.2) is 0 Å². The average molecular weight is 256 g/mol. The summed E-state index contributed by atoms with van der Waals surface area (Å²) in [5, 5.41) is 11.7. The van der Waals surface area contributed by atoms with E-state index in [4.69, 9.17) is 5.11 Å². The van der Waals surface area contributed by atoms with Crippen molar-refractivity contribution >= 4 is 11.9 Å². The minimum atomic E-state index is -0.749. The number of likely N-dealkylation sites (tertiary alicyclic amines) is 1. The maximum absolute atomic E-state index is 11.8. The largest absolute Gasteiger partial charge is 0.481 e. The van der Waals surface area contributed by atoms with E-state index < -0.39 is 5.97 Å². The highest BCUT2D eigenvalue weighted by Gasteiger charge is 2.24. The van der Waals surface area contributed by atoms with Gasteiger partial charge in [-0.3, -0.25) is 14.5 Å². The molecule has 0 aromatic rings. The van der Waals surface area contributed by atoms with Crippen molar-refractivity contribution < 1.29 is 14.7 Å². The van der Waals surface area contributed by atoms with Crippen molar-refractivity contribution in [1.82, 2.24) is 10.2 Å². The Morgan fingerprint density at radius 2 is 2.06 bits per heavy atom. The first-order valence-electron chi connectivity index (χ1n) is 6.51. The van der Waals surface area contributed by atoms with Gasteiger partial charge in [0.2, 0.25) is 5.91 Å². The van der Waals surface area contributed by atoms with Crippen LogP contribution in [-0.4, -0.2) is 47.1 Å². The molecule has 1 aliphatic heterocycles. The fourth-order valence-electron chi connectivity index (χ4n) is 2.37. The van der Waals surface area contributed by atoms with Gasteiger partial charge in [0.05, 0.1) is 6.54 Å². The number of nitrogens with zero attached hydrogens (tertiary/aromatic N) is 1. The first-order chi connectivity index (χ1) is 8.26. The molecule has 1 aliphatic rings. The molecule has 0 radical (unpaired) electrons. The van der Waals surface area contributed by atoms with Crippen LogP contribution in [-0.2, 0) is 9.59 Å². The zero-order valence-electron chi connectivity index (χ0n) is 11.5. The van der Waals surface area contributed by atoms with Crippen LogP contribution in [0.2, 0.25) is 0 Å². The Labute approximate surface area is 109 Å². The Balaban J connectivity index is 2.38. The zero-order chi connectivity index (χ0) is 13.8. The summed E-state index contributed by atoms with van der Waals surface area (Å²) in [6, 6.07) is 0. The third-order valence-electron chi connectivity index (χ3n) is 2.95. The highest BCUT2D eigenvalue weighted by Crippen LogP contribution is 2.19. The number of carbonyl (C=O) groups is 2. The van der Waals surface area contributed by atoms with Crippen LogP contribution in [0.15, 0.2) is 0 Å². The monoisotopic (exact) mass is 256 g/mol. The van der Waals surface area contributed by atoms with Gasteiger partial charge in [0.1, 0.15) is 0 Å². The minimum absolute atomic E-state index is 0.0125. The van der Waals surface area contributed by atoms with Gasteiger partial charge in [0, 0.05) is 18.5 Å². The van der Waals surface area contributed by atoms with Crippen molar-refractivity contribution in [3.63, 3.8) is 0 Å². The summed E-state index contributed by atoms with van der Waals surface area (Å²) in [5.41, 5.74) is -0.215. The molecule has 0 saturated carbocycles. The number of carboxylic acids is 1. The quantitative estimate of drug-likeness (QED) is 0.790. The predicted octanol–water partition coefficient (Wildman–Crippen LogP) is 1.09. The molecule has 1 heterocycles. The Bertz CT molecular complexity index is 310. The van der Waals surface area contributed by atoms with E-state index in [1.165, 1.54) is 0 Å². The summed E-state index contributed by atoms with van der Waals surface area (Å²) in [4.78, 5) is 24.5. The van der Waals surface area contributed by atoms with Crippen LogP contribution in [0.3, 0.4) is 0 Å². The Morgan fingerprint density at radius 3 is 2.61 bits per heavy atom. The lowest BCUT2D eigenvalue weighted by Gasteiger charge is -2.32. The molecule has 104 valence electrons. The van der Waals surface area contributed by atoms with Crippen molar-refractivity contribution in [2.75, 3.05) is 19.6 Å². The van der Waals surface area contributed by atoms with Crippen LogP contribution in [0.1, 0.15) is 40.0 Å². The van der Waals surface area contributed by atoms with E-state index in [1.807, 2.05) is 20.8 Å². The van der Waals surface area contributed by atoms with Crippen molar-refractivity contribution in [1.29, 1.82) is 0 Å². The summed E-state index contributed by atoms with van der Waals surface area (Å²) in [5.74, 6) is -0.557. The topological polar surface area (TPSA) is 69.6 Å². The van der Waals surface area contributed by atoms with Crippen LogP contribution < -0.4 is 5.32 Å². The average Bonchev–Trinajstić information content (AvgIpc) is 2.13. The van der Waals surface area contributed by atoms with E-state index in [0.717, 1.165) is 19.4 Å². The van der Waals surface area contributed by atoms with Crippen LogP contribution in [0.25, 0.3) is 0 Å². The molecule has 0 aromatic carbocycles. The van der Waals surface area contributed by atoms with E-state index in [2.05, 4.69) is 10.2 Å². The second-order valence-corrected chi connectivity index (χ2v) is 6.14. The molecule has 5 heteroatoms. The molecule has 2 N–H and O–H groups in total. The highest BCUT2D eigenvalue weighted by atomic mass is 16.4. The van der Waals surface area contributed by atoms with Crippen molar-refractivity contribution in [2.45, 2.75) is 45.6 Å². The van der Waals surface area contributed by atoms with Gasteiger partial charge in [0.15, 0.2) is 0 Å². The molecule has 18 heavy (non-hydrogen) atoms. The Hall–Kier alpha value is -1.10. The SMILES string of the molecule is CC(C)(C)NC(=O)CN1CCCC(CC(=O)O)C1. The summed E-state index contributed by atoms with van der Waals surface area (Å²) < 4.78 is 0. The van der Waals surface area contributed by atoms with Gasteiger partial charge in [-0.1, -0.05) is 0 Å². The molecule has 5 nitrogen and oxygen atoms in total. The Morgan fingerprint density at radius 1 is 1.39 bits per heavy atom. The molecule has 1 unspecified atom stereocenters. The fraction of sp³-hybridized carbons (Fsp3) is 0.846. The van der Waals surface area contributed by atoms with E-state index in [1.54, 1.807) is 0 Å². The summed E-state index contributed by atoms with van der Waals surface area (Å²) in [7, 11) is 0. The van der Waals surface area contributed by atoms with E-state index >= 15 is 0 Å². The minimum Gasteiger partial charge on any atom is -0.481 e. The fourth-order valence-corrected chi connectivity index (χ4v) is 2.37. The maximum atomic E-state index is 11.8. The molecule has 1 amide bonds. The van der Waals surface area contributed by atoms with Gasteiger partial charge < -0.3 is 10.4 Å². The number of amides is 1. The lowest BCUT2D eigenvalue weighted by molar-refractivity contribution is -0.138. The molecule has 1 atom stereocenters. The van der Waals surface area contributed by atoms with Crippen LogP contribution >= 0.6 is 0 Å². The van der Waals surface area contributed by atoms with Gasteiger partial charge in [0.25, 0.3) is 0 Å². The predicted molar refractivity (Wildman–Crippen MR) is 69.3 cm³/mol. The van der Waals surface area contributed by atoms with Gasteiger partial charge in [-0.15, -0.1) is 0 Å². The summed E-state index contributed by atoms with van der Waals surface area (Å²) >= 11 is 0. The molecular weight excluding hydrogens is 232 g/mol. The number of nitrogens with one attached hydrogen (secondary N) is 1. The molecule has 0 bridgehead atoms. The van der Waals surface area contributed by atoms with E-state index in [0.29, 0.717) is 13.1 Å². The molecule has 0 spiro atoms. The molecule has 1 fully saturated rings. The standard InChI is InChI=1S/C13H24N2O3/c1-13(2,3)14-11(16)9-15-6-4-5-10(8-15)7-12(17)18/h10H,4-9H2,1-3H3,(H,14,16)(H,17,18). The number of aliphatic carboxylic acids is 1. The lowest BCUT2D eigenvalue weighted by atomic mass is 9.95. The van der Waals surface area contributed by atoms with Crippen LogP contribution in [0.5, 0.6) is 0 Å². The molecule has 1 rings (SSSR count). The van der Waals surface area contributed by atoms with Gasteiger partial charge in [-0.05, 0) is 46.1 Å². The number of rotatable bonds is 4. The van der Waals surface area contributed by atoms with Crippen molar-refractivity contribution in [3.8, 4) is 0 Å². The molecule has 0 aromatic heterocycles. The smallest absolute Gasteiger partial charge is 0.303 e.